The van der Waals surface area contributed by atoms with Gasteiger partial charge in [-0.3, -0.25) is 0 Å². The summed E-state index contributed by atoms with van der Waals surface area (Å²) in [7, 11) is 1.69. The third-order valence-electron chi connectivity index (χ3n) is 4.05. The number of benzene rings is 2. The van der Waals surface area contributed by atoms with Crippen molar-refractivity contribution in [3.05, 3.63) is 64.7 Å². The monoisotopic (exact) mass is 342 g/mol. The lowest BCUT2D eigenvalue weighted by Crippen LogP contribution is -2.34. The molecule has 5 heteroatoms. The molecule has 130 valence electrons. The van der Waals surface area contributed by atoms with E-state index >= 15 is 0 Å². The number of nitrogens with zero attached hydrogens (tertiary/aromatic N) is 1. The summed E-state index contributed by atoms with van der Waals surface area (Å²) in [6.07, 6.45) is 0. The maximum atomic E-state index is 14.8. The molecule has 0 amide bonds. The molecule has 3 rings (SSSR count). The molecular formula is C20H20F2N2O. The first-order valence-corrected chi connectivity index (χ1v) is 7.49. The van der Waals surface area contributed by atoms with E-state index in [2.05, 4.69) is 11.4 Å². The standard InChI is InChI=1S/C19H16F2N2O.CH4/c1-19(2)14(10-22)17(11-4-6-12(20)7-5-11)18-15(21)8-13(23-3)9-16(18)24-19;/h4-9,23H,1-3H3;1H4. The largest absolute Gasteiger partial charge is 0.482 e. The molecule has 0 saturated heterocycles. The predicted molar refractivity (Wildman–Crippen MR) is 95.4 cm³/mol. The van der Waals surface area contributed by atoms with Crippen LogP contribution in [0, 0.1) is 23.0 Å². The Labute approximate surface area is 146 Å². The highest BCUT2D eigenvalue weighted by atomic mass is 19.1. The zero-order valence-corrected chi connectivity index (χ0v) is 13.6. The lowest BCUT2D eigenvalue weighted by molar-refractivity contribution is 0.149. The molecule has 0 fully saturated rings. The fourth-order valence-corrected chi connectivity index (χ4v) is 2.90. The van der Waals surface area contributed by atoms with Gasteiger partial charge < -0.3 is 10.1 Å². The van der Waals surface area contributed by atoms with Crippen LogP contribution < -0.4 is 10.1 Å². The van der Waals surface area contributed by atoms with E-state index in [1.807, 2.05) is 0 Å². The van der Waals surface area contributed by atoms with E-state index in [1.165, 1.54) is 18.2 Å². The van der Waals surface area contributed by atoms with Crippen LogP contribution in [-0.4, -0.2) is 12.6 Å². The number of hydrogen-bond acceptors (Lipinski definition) is 3. The van der Waals surface area contributed by atoms with E-state index < -0.39 is 17.2 Å². The summed E-state index contributed by atoms with van der Waals surface area (Å²) >= 11 is 0. The van der Waals surface area contributed by atoms with Gasteiger partial charge in [0.05, 0.1) is 17.2 Å². The lowest BCUT2D eigenvalue weighted by atomic mass is 9.83. The molecule has 3 nitrogen and oxygen atoms in total. The molecule has 0 saturated carbocycles. The molecule has 0 bridgehead atoms. The van der Waals surface area contributed by atoms with Crippen molar-refractivity contribution in [2.75, 3.05) is 12.4 Å². The molecule has 0 radical (unpaired) electrons. The zero-order chi connectivity index (χ0) is 17.5. The van der Waals surface area contributed by atoms with E-state index in [0.717, 1.165) is 0 Å². The van der Waals surface area contributed by atoms with E-state index in [4.69, 9.17) is 4.74 Å². The van der Waals surface area contributed by atoms with Gasteiger partial charge in [0.15, 0.2) is 0 Å². The number of anilines is 1. The Bertz CT molecular complexity index is 878. The topological polar surface area (TPSA) is 45.0 Å². The maximum absolute atomic E-state index is 14.8. The van der Waals surface area contributed by atoms with Crippen LogP contribution in [-0.2, 0) is 0 Å². The second-order valence-electron chi connectivity index (χ2n) is 6.06. The lowest BCUT2D eigenvalue weighted by Gasteiger charge is -2.34. The minimum absolute atomic E-state index is 0. The molecule has 25 heavy (non-hydrogen) atoms. The third-order valence-corrected chi connectivity index (χ3v) is 4.05. The SMILES string of the molecule is C.CNc1cc(F)c2c(c1)OC(C)(C)C(C#N)=C2c1ccc(F)cc1. The van der Waals surface area contributed by atoms with Crippen molar-refractivity contribution in [1.29, 1.82) is 5.26 Å². The first-order valence-electron chi connectivity index (χ1n) is 7.49. The van der Waals surface area contributed by atoms with E-state index in [9.17, 15) is 14.0 Å². The molecule has 2 aromatic carbocycles. The summed E-state index contributed by atoms with van der Waals surface area (Å²) in [5, 5.41) is 12.5. The molecular weight excluding hydrogens is 322 g/mol. The second-order valence-corrected chi connectivity index (χ2v) is 6.06. The van der Waals surface area contributed by atoms with Crippen LogP contribution in [0.3, 0.4) is 0 Å². The predicted octanol–water partition coefficient (Wildman–Crippen LogP) is 5.14. The molecule has 1 heterocycles. The van der Waals surface area contributed by atoms with Crippen molar-refractivity contribution < 1.29 is 13.5 Å². The van der Waals surface area contributed by atoms with Crippen LogP contribution in [0.25, 0.3) is 5.57 Å². The van der Waals surface area contributed by atoms with Crippen molar-refractivity contribution in [3.63, 3.8) is 0 Å². The van der Waals surface area contributed by atoms with Gasteiger partial charge in [0.2, 0.25) is 0 Å². The smallest absolute Gasteiger partial charge is 0.139 e. The fourth-order valence-electron chi connectivity index (χ4n) is 2.90. The highest BCUT2D eigenvalue weighted by molar-refractivity contribution is 5.90. The quantitative estimate of drug-likeness (QED) is 0.822. The van der Waals surface area contributed by atoms with Crippen molar-refractivity contribution in [3.8, 4) is 11.8 Å². The van der Waals surface area contributed by atoms with Crippen molar-refractivity contribution >= 4 is 11.3 Å². The molecule has 1 aliphatic rings. The van der Waals surface area contributed by atoms with Gasteiger partial charge in [-0.2, -0.15) is 5.26 Å². The van der Waals surface area contributed by atoms with Crippen LogP contribution in [0.5, 0.6) is 5.75 Å². The highest BCUT2D eigenvalue weighted by Crippen LogP contribution is 2.45. The van der Waals surface area contributed by atoms with Gasteiger partial charge in [0.25, 0.3) is 0 Å². The molecule has 1 N–H and O–H groups in total. The zero-order valence-electron chi connectivity index (χ0n) is 13.6. The van der Waals surface area contributed by atoms with Crippen molar-refractivity contribution in [2.24, 2.45) is 0 Å². The van der Waals surface area contributed by atoms with Gasteiger partial charge in [0.1, 0.15) is 23.0 Å². The van der Waals surface area contributed by atoms with Crippen LogP contribution in [0.1, 0.15) is 32.4 Å². The Morgan fingerprint density at radius 1 is 1.12 bits per heavy atom. The number of fused-ring (bicyclic) bond motifs is 1. The van der Waals surface area contributed by atoms with Gasteiger partial charge in [0, 0.05) is 24.4 Å². The number of hydrogen-bond donors (Lipinski definition) is 1. The van der Waals surface area contributed by atoms with E-state index in [-0.39, 0.29) is 13.0 Å². The molecule has 0 aliphatic carbocycles. The highest BCUT2D eigenvalue weighted by Gasteiger charge is 2.37. The minimum Gasteiger partial charge on any atom is -0.482 e. The van der Waals surface area contributed by atoms with Gasteiger partial charge in [-0.1, -0.05) is 19.6 Å². The molecule has 2 aromatic rings. The number of ether oxygens (including phenoxy) is 1. The first kappa shape index (κ1) is 18.5. The van der Waals surface area contributed by atoms with Crippen LogP contribution in [0.4, 0.5) is 14.5 Å². The number of rotatable bonds is 2. The molecule has 0 spiro atoms. The van der Waals surface area contributed by atoms with Crippen molar-refractivity contribution in [2.45, 2.75) is 26.9 Å². The third kappa shape index (κ3) is 3.08. The summed E-state index contributed by atoms with van der Waals surface area (Å²) in [4.78, 5) is 0. The summed E-state index contributed by atoms with van der Waals surface area (Å²) in [6.45, 7) is 3.50. The van der Waals surface area contributed by atoms with Crippen LogP contribution in [0.15, 0.2) is 42.0 Å². The average molecular weight is 342 g/mol. The summed E-state index contributed by atoms with van der Waals surface area (Å²) in [6, 6.07) is 10.8. The summed E-state index contributed by atoms with van der Waals surface area (Å²) in [5.74, 6) is -0.544. The number of nitrogens with one attached hydrogen (secondary N) is 1. The Kier molecular flexibility index (Phi) is 4.85. The van der Waals surface area contributed by atoms with Crippen LogP contribution >= 0.6 is 0 Å². The van der Waals surface area contributed by atoms with E-state index in [1.54, 1.807) is 39.1 Å². The molecule has 0 unspecified atom stereocenters. The van der Waals surface area contributed by atoms with Gasteiger partial charge >= 0.3 is 0 Å². The first-order chi connectivity index (χ1) is 11.4. The molecule has 1 aliphatic heterocycles. The van der Waals surface area contributed by atoms with Crippen molar-refractivity contribution in [1.82, 2.24) is 0 Å². The summed E-state index contributed by atoms with van der Waals surface area (Å²) < 4.78 is 33.9. The Morgan fingerprint density at radius 2 is 1.76 bits per heavy atom. The molecule has 0 aromatic heterocycles. The number of halogens is 2. The Balaban J connectivity index is 0.00000225. The summed E-state index contributed by atoms with van der Waals surface area (Å²) in [5.41, 5.74) is 1.17. The normalized spacial score (nSPS) is 14.7. The van der Waals surface area contributed by atoms with Gasteiger partial charge in [-0.15, -0.1) is 0 Å². The minimum atomic E-state index is -0.926. The van der Waals surface area contributed by atoms with Gasteiger partial charge in [-0.25, -0.2) is 8.78 Å². The Morgan fingerprint density at radius 3 is 2.32 bits per heavy atom. The van der Waals surface area contributed by atoms with Gasteiger partial charge in [-0.05, 0) is 37.6 Å². The Hall–Kier alpha value is -2.87. The second kappa shape index (κ2) is 6.56. The maximum Gasteiger partial charge on any atom is 0.139 e. The number of nitriles is 1. The fraction of sp³-hybridized carbons (Fsp3) is 0.250. The van der Waals surface area contributed by atoms with Crippen LogP contribution in [0.2, 0.25) is 0 Å². The molecule has 0 atom stereocenters. The van der Waals surface area contributed by atoms with E-state index in [0.29, 0.717) is 28.1 Å². The average Bonchev–Trinajstić information content (AvgIpc) is 2.53.